The van der Waals surface area contributed by atoms with Gasteiger partial charge in [0.1, 0.15) is 0 Å². The lowest BCUT2D eigenvalue weighted by atomic mass is 9.85. The van der Waals surface area contributed by atoms with Crippen molar-refractivity contribution in [2.45, 2.75) is 57.4 Å². The number of rotatable bonds is 4. The summed E-state index contributed by atoms with van der Waals surface area (Å²) in [6, 6.07) is 0.162. The Hall–Kier alpha value is -1.10. The molecule has 2 unspecified atom stereocenters. The SMILES string of the molecule is NC1CCCC(C(=O)NCCC(=O)N2CCCCC2)C1. The van der Waals surface area contributed by atoms with Gasteiger partial charge in [0.05, 0.1) is 0 Å². The highest BCUT2D eigenvalue weighted by Gasteiger charge is 2.25. The van der Waals surface area contributed by atoms with Gasteiger partial charge in [-0.15, -0.1) is 0 Å². The molecule has 0 spiro atoms. The number of nitrogens with zero attached hydrogens (tertiary/aromatic N) is 1. The number of nitrogens with two attached hydrogens (primary N) is 1. The predicted octanol–water partition coefficient (Wildman–Crippen LogP) is 1.02. The minimum Gasteiger partial charge on any atom is -0.355 e. The Balaban J connectivity index is 1.64. The molecule has 2 rings (SSSR count). The van der Waals surface area contributed by atoms with Crippen molar-refractivity contribution in [2.75, 3.05) is 19.6 Å². The monoisotopic (exact) mass is 281 g/mol. The fourth-order valence-electron chi connectivity index (χ4n) is 3.20. The van der Waals surface area contributed by atoms with Crippen LogP contribution in [-0.4, -0.2) is 42.4 Å². The van der Waals surface area contributed by atoms with Gasteiger partial charge in [-0.3, -0.25) is 9.59 Å². The molecule has 1 aliphatic carbocycles. The summed E-state index contributed by atoms with van der Waals surface area (Å²) in [5, 5.41) is 2.90. The van der Waals surface area contributed by atoms with Gasteiger partial charge in [0.25, 0.3) is 0 Å². The van der Waals surface area contributed by atoms with Gasteiger partial charge in [-0.2, -0.15) is 0 Å². The minimum atomic E-state index is 0.0452. The molecule has 0 aromatic rings. The molecule has 0 aromatic heterocycles. The van der Waals surface area contributed by atoms with Crippen LogP contribution in [0.2, 0.25) is 0 Å². The third kappa shape index (κ3) is 4.47. The maximum Gasteiger partial charge on any atom is 0.224 e. The van der Waals surface area contributed by atoms with Crippen molar-refractivity contribution in [3.05, 3.63) is 0 Å². The van der Waals surface area contributed by atoms with Gasteiger partial charge in [0.2, 0.25) is 11.8 Å². The number of likely N-dealkylation sites (tertiary alicyclic amines) is 1. The molecule has 1 heterocycles. The molecule has 1 saturated carbocycles. The zero-order valence-corrected chi connectivity index (χ0v) is 12.3. The number of piperidine rings is 1. The predicted molar refractivity (Wildman–Crippen MR) is 78.0 cm³/mol. The molecule has 20 heavy (non-hydrogen) atoms. The summed E-state index contributed by atoms with van der Waals surface area (Å²) >= 11 is 0. The molecule has 1 aliphatic heterocycles. The highest BCUT2D eigenvalue weighted by molar-refractivity contribution is 5.80. The van der Waals surface area contributed by atoms with Crippen LogP contribution in [0.3, 0.4) is 0 Å². The Bertz CT molecular complexity index is 340. The molecule has 5 nitrogen and oxygen atoms in total. The quantitative estimate of drug-likeness (QED) is 0.808. The molecule has 5 heteroatoms. The van der Waals surface area contributed by atoms with Crippen molar-refractivity contribution in [1.82, 2.24) is 10.2 Å². The second kappa shape index (κ2) is 7.62. The summed E-state index contributed by atoms with van der Waals surface area (Å²) in [6.45, 7) is 2.22. The first kappa shape index (κ1) is 15.3. The average Bonchev–Trinajstić information content (AvgIpc) is 2.48. The first-order chi connectivity index (χ1) is 9.66. The molecule has 2 amide bonds. The number of nitrogens with one attached hydrogen (secondary N) is 1. The standard InChI is InChI=1S/C15H27N3O2/c16-13-6-4-5-12(11-13)15(20)17-8-7-14(19)18-9-2-1-3-10-18/h12-13H,1-11,16H2,(H,17,20). The van der Waals surface area contributed by atoms with Crippen LogP contribution in [0.15, 0.2) is 0 Å². The maximum absolute atomic E-state index is 12.0. The van der Waals surface area contributed by atoms with E-state index >= 15 is 0 Å². The lowest BCUT2D eigenvalue weighted by Crippen LogP contribution is -2.40. The molecular weight excluding hydrogens is 254 g/mol. The normalized spacial score (nSPS) is 27.1. The number of hydrogen-bond donors (Lipinski definition) is 2. The van der Waals surface area contributed by atoms with E-state index in [0.29, 0.717) is 13.0 Å². The zero-order valence-electron chi connectivity index (χ0n) is 12.3. The van der Waals surface area contributed by atoms with Crippen LogP contribution in [0.25, 0.3) is 0 Å². The lowest BCUT2D eigenvalue weighted by Gasteiger charge is -2.27. The number of carbonyl (C=O) groups excluding carboxylic acids is 2. The topological polar surface area (TPSA) is 75.4 Å². The van der Waals surface area contributed by atoms with Gasteiger partial charge >= 0.3 is 0 Å². The molecule has 3 N–H and O–H groups in total. The number of amides is 2. The first-order valence-corrected chi connectivity index (χ1v) is 7.98. The van der Waals surface area contributed by atoms with E-state index < -0.39 is 0 Å². The Morgan fingerprint density at radius 3 is 2.55 bits per heavy atom. The first-order valence-electron chi connectivity index (χ1n) is 7.98. The van der Waals surface area contributed by atoms with Crippen molar-refractivity contribution in [3.63, 3.8) is 0 Å². The Morgan fingerprint density at radius 2 is 1.85 bits per heavy atom. The molecule has 2 fully saturated rings. The van der Waals surface area contributed by atoms with Crippen LogP contribution in [0.1, 0.15) is 51.4 Å². The summed E-state index contributed by atoms with van der Waals surface area (Å²) in [5.41, 5.74) is 5.90. The summed E-state index contributed by atoms with van der Waals surface area (Å²) in [5.74, 6) is 0.292. The Kier molecular flexibility index (Phi) is 5.83. The zero-order chi connectivity index (χ0) is 14.4. The fourth-order valence-corrected chi connectivity index (χ4v) is 3.20. The van der Waals surface area contributed by atoms with Crippen LogP contribution in [0.5, 0.6) is 0 Å². The highest BCUT2D eigenvalue weighted by Crippen LogP contribution is 2.23. The van der Waals surface area contributed by atoms with Crippen molar-refractivity contribution >= 4 is 11.8 Å². The molecule has 0 radical (unpaired) electrons. The van der Waals surface area contributed by atoms with E-state index in [1.807, 2.05) is 4.90 Å². The van der Waals surface area contributed by atoms with Gasteiger partial charge < -0.3 is 16.0 Å². The van der Waals surface area contributed by atoms with Crippen LogP contribution >= 0.6 is 0 Å². The molecule has 114 valence electrons. The third-order valence-electron chi connectivity index (χ3n) is 4.43. The van der Waals surface area contributed by atoms with Crippen LogP contribution in [0, 0.1) is 5.92 Å². The van der Waals surface area contributed by atoms with Gasteiger partial charge in [-0.1, -0.05) is 6.42 Å². The van der Waals surface area contributed by atoms with Crippen LogP contribution < -0.4 is 11.1 Å². The molecule has 2 aliphatic rings. The van der Waals surface area contributed by atoms with Gasteiger partial charge in [0.15, 0.2) is 0 Å². The fraction of sp³-hybridized carbons (Fsp3) is 0.867. The molecule has 0 bridgehead atoms. The summed E-state index contributed by atoms with van der Waals surface area (Å²) in [6.07, 6.45) is 7.64. The number of hydrogen-bond acceptors (Lipinski definition) is 3. The maximum atomic E-state index is 12.0. The summed E-state index contributed by atoms with van der Waals surface area (Å²) in [4.78, 5) is 25.9. The third-order valence-corrected chi connectivity index (χ3v) is 4.43. The Morgan fingerprint density at radius 1 is 1.10 bits per heavy atom. The largest absolute Gasteiger partial charge is 0.355 e. The second-order valence-electron chi connectivity index (χ2n) is 6.11. The van der Waals surface area contributed by atoms with Crippen LogP contribution in [-0.2, 0) is 9.59 Å². The van der Waals surface area contributed by atoms with Crippen molar-refractivity contribution in [2.24, 2.45) is 11.7 Å². The van der Waals surface area contributed by atoms with Gasteiger partial charge in [-0.25, -0.2) is 0 Å². The van der Waals surface area contributed by atoms with E-state index in [1.165, 1.54) is 6.42 Å². The van der Waals surface area contributed by atoms with E-state index in [2.05, 4.69) is 5.32 Å². The van der Waals surface area contributed by atoms with Crippen molar-refractivity contribution in [3.8, 4) is 0 Å². The van der Waals surface area contributed by atoms with Crippen LogP contribution in [0.4, 0.5) is 0 Å². The molecule has 2 atom stereocenters. The highest BCUT2D eigenvalue weighted by atomic mass is 16.2. The second-order valence-corrected chi connectivity index (χ2v) is 6.11. The van der Waals surface area contributed by atoms with E-state index in [4.69, 9.17) is 5.73 Å². The minimum absolute atomic E-state index is 0.0452. The molecule has 1 saturated heterocycles. The molecule has 0 aromatic carbocycles. The van der Waals surface area contributed by atoms with Crippen molar-refractivity contribution in [1.29, 1.82) is 0 Å². The smallest absolute Gasteiger partial charge is 0.224 e. The van der Waals surface area contributed by atoms with E-state index in [9.17, 15) is 9.59 Å². The average molecular weight is 281 g/mol. The number of carbonyl (C=O) groups is 2. The van der Waals surface area contributed by atoms with E-state index in [1.54, 1.807) is 0 Å². The lowest BCUT2D eigenvalue weighted by molar-refractivity contribution is -0.132. The summed E-state index contributed by atoms with van der Waals surface area (Å²) in [7, 11) is 0. The van der Waals surface area contributed by atoms with E-state index in [0.717, 1.165) is 51.6 Å². The summed E-state index contributed by atoms with van der Waals surface area (Å²) < 4.78 is 0. The van der Waals surface area contributed by atoms with E-state index in [-0.39, 0.29) is 23.8 Å². The molecular formula is C15H27N3O2. The van der Waals surface area contributed by atoms with Crippen molar-refractivity contribution < 1.29 is 9.59 Å². The van der Waals surface area contributed by atoms with Gasteiger partial charge in [-0.05, 0) is 38.5 Å². The van der Waals surface area contributed by atoms with Gasteiger partial charge in [0, 0.05) is 38.0 Å². The Labute approximate surface area is 121 Å².